The number of amides is 1. The number of pyridine rings is 1. The van der Waals surface area contributed by atoms with E-state index in [4.69, 9.17) is 4.74 Å². The highest BCUT2D eigenvalue weighted by molar-refractivity contribution is 7.88. The summed E-state index contributed by atoms with van der Waals surface area (Å²) in [6, 6.07) is 11.3. The lowest BCUT2D eigenvalue weighted by molar-refractivity contribution is 0.0923. The summed E-state index contributed by atoms with van der Waals surface area (Å²) >= 11 is 0. The highest BCUT2D eigenvalue weighted by atomic mass is 32.2. The van der Waals surface area contributed by atoms with E-state index in [1.807, 2.05) is 6.07 Å². The Labute approximate surface area is 207 Å². The Hall–Kier alpha value is -3.88. The molecule has 36 heavy (non-hydrogen) atoms. The van der Waals surface area contributed by atoms with E-state index in [1.165, 1.54) is 41.0 Å². The molecule has 186 valence electrons. The number of halogens is 2. The van der Waals surface area contributed by atoms with E-state index >= 15 is 0 Å². The standard InChI is InChI=1S/C25H22F2N4O4S/c1-36(33,34)31-8-6-19(7-9-31)30-25(32)22-4-3-20(10-17(22)13-28)35-21-11-18(14-29-15-21)16-2-5-23(26)24(27)12-16/h2-5,10-12,14-15,19H,6-9H2,1H3,(H,30,32). The smallest absolute Gasteiger partial charge is 0.252 e. The van der Waals surface area contributed by atoms with Gasteiger partial charge in [0.25, 0.3) is 5.91 Å². The number of nitriles is 1. The summed E-state index contributed by atoms with van der Waals surface area (Å²) in [4.78, 5) is 16.9. The first-order chi connectivity index (χ1) is 17.1. The predicted molar refractivity (Wildman–Crippen MR) is 128 cm³/mol. The molecule has 0 bridgehead atoms. The largest absolute Gasteiger partial charge is 0.456 e. The van der Waals surface area contributed by atoms with Crippen LogP contribution in [0, 0.1) is 23.0 Å². The zero-order chi connectivity index (χ0) is 25.9. The maximum atomic E-state index is 13.6. The lowest BCUT2D eigenvalue weighted by Crippen LogP contribution is -2.46. The fourth-order valence-electron chi connectivity index (χ4n) is 3.92. The van der Waals surface area contributed by atoms with Gasteiger partial charge in [-0.25, -0.2) is 21.5 Å². The van der Waals surface area contributed by atoms with Gasteiger partial charge in [0.2, 0.25) is 10.0 Å². The molecule has 0 atom stereocenters. The molecule has 0 unspecified atom stereocenters. The number of rotatable bonds is 6. The highest BCUT2D eigenvalue weighted by Crippen LogP contribution is 2.28. The number of carbonyl (C=O) groups excluding carboxylic acids is 1. The number of ether oxygens (including phenoxy) is 1. The van der Waals surface area contributed by atoms with Gasteiger partial charge in [-0.2, -0.15) is 5.26 Å². The van der Waals surface area contributed by atoms with Crippen LogP contribution in [0.2, 0.25) is 0 Å². The van der Waals surface area contributed by atoms with Gasteiger partial charge in [0.15, 0.2) is 11.6 Å². The molecule has 0 aliphatic carbocycles. The van der Waals surface area contributed by atoms with Crippen LogP contribution < -0.4 is 10.1 Å². The molecule has 4 rings (SSSR count). The fourth-order valence-corrected chi connectivity index (χ4v) is 4.79. The molecular formula is C25H22F2N4O4S. The average Bonchev–Trinajstić information content (AvgIpc) is 2.85. The van der Waals surface area contributed by atoms with E-state index in [-0.39, 0.29) is 22.9 Å². The van der Waals surface area contributed by atoms with Crippen molar-refractivity contribution >= 4 is 15.9 Å². The van der Waals surface area contributed by atoms with Crippen LogP contribution in [0.5, 0.6) is 11.5 Å². The van der Waals surface area contributed by atoms with Gasteiger partial charge in [0.1, 0.15) is 17.6 Å². The first-order valence-electron chi connectivity index (χ1n) is 11.0. The summed E-state index contributed by atoms with van der Waals surface area (Å²) < 4.78 is 57.3. The number of piperidine rings is 1. The Bertz CT molecular complexity index is 1450. The summed E-state index contributed by atoms with van der Waals surface area (Å²) in [7, 11) is -3.27. The van der Waals surface area contributed by atoms with Gasteiger partial charge >= 0.3 is 0 Å². The van der Waals surface area contributed by atoms with Crippen LogP contribution in [-0.2, 0) is 10.0 Å². The van der Waals surface area contributed by atoms with Crippen molar-refractivity contribution in [2.24, 2.45) is 0 Å². The van der Waals surface area contributed by atoms with Crippen molar-refractivity contribution in [3.8, 4) is 28.7 Å². The van der Waals surface area contributed by atoms with Crippen LogP contribution in [0.25, 0.3) is 11.1 Å². The summed E-state index contributed by atoms with van der Waals surface area (Å²) in [6.45, 7) is 0.638. The zero-order valence-corrected chi connectivity index (χ0v) is 20.1. The molecule has 0 spiro atoms. The van der Waals surface area contributed by atoms with Gasteiger partial charge in [-0.15, -0.1) is 0 Å². The van der Waals surface area contributed by atoms with Crippen molar-refractivity contribution in [2.45, 2.75) is 18.9 Å². The highest BCUT2D eigenvalue weighted by Gasteiger charge is 2.26. The molecule has 2 heterocycles. The first-order valence-corrected chi connectivity index (χ1v) is 12.9. The summed E-state index contributed by atoms with van der Waals surface area (Å²) in [6.07, 6.45) is 5.02. The van der Waals surface area contributed by atoms with Gasteiger partial charge in [-0.1, -0.05) is 6.07 Å². The van der Waals surface area contributed by atoms with Crippen molar-refractivity contribution in [1.29, 1.82) is 5.26 Å². The zero-order valence-electron chi connectivity index (χ0n) is 19.2. The monoisotopic (exact) mass is 512 g/mol. The number of sulfonamides is 1. The van der Waals surface area contributed by atoms with Crippen LogP contribution >= 0.6 is 0 Å². The minimum absolute atomic E-state index is 0.100. The molecule has 1 aliphatic heterocycles. The molecule has 1 saturated heterocycles. The quantitative estimate of drug-likeness (QED) is 0.537. The van der Waals surface area contributed by atoms with Crippen LogP contribution in [-0.4, -0.2) is 49.0 Å². The number of hydrogen-bond donors (Lipinski definition) is 1. The van der Waals surface area contributed by atoms with Crippen molar-refractivity contribution in [3.63, 3.8) is 0 Å². The van der Waals surface area contributed by atoms with E-state index in [1.54, 1.807) is 6.07 Å². The maximum Gasteiger partial charge on any atom is 0.252 e. The Kier molecular flexibility index (Phi) is 7.28. The molecule has 1 aromatic heterocycles. The molecule has 0 radical (unpaired) electrons. The Morgan fingerprint density at radius 2 is 1.81 bits per heavy atom. The minimum atomic E-state index is -3.27. The van der Waals surface area contributed by atoms with Gasteiger partial charge < -0.3 is 10.1 Å². The third-order valence-corrected chi connectivity index (χ3v) is 7.12. The van der Waals surface area contributed by atoms with E-state index in [9.17, 15) is 27.3 Å². The average molecular weight is 513 g/mol. The second-order valence-corrected chi connectivity index (χ2v) is 10.4. The van der Waals surface area contributed by atoms with Gasteiger partial charge in [-0.05, 0) is 54.8 Å². The molecule has 1 amide bonds. The molecule has 3 aromatic rings. The van der Waals surface area contributed by atoms with Crippen LogP contribution in [0.4, 0.5) is 8.78 Å². The predicted octanol–water partition coefficient (Wildman–Crippen LogP) is 3.84. The SMILES string of the molecule is CS(=O)(=O)N1CCC(NC(=O)c2ccc(Oc3cncc(-c4ccc(F)c(F)c4)c3)cc2C#N)CC1. The summed E-state index contributed by atoms with van der Waals surface area (Å²) in [5, 5.41) is 12.5. The molecule has 11 heteroatoms. The van der Waals surface area contributed by atoms with Gasteiger partial charge in [-0.3, -0.25) is 9.78 Å². The molecule has 1 fully saturated rings. The number of carbonyl (C=O) groups is 1. The number of aromatic nitrogens is 1. The third-order valence-electron chi connectivity index (χ3n) is 5.82. The Morgan fingerprint density at radius 3 is 2.47 bits per heavy atom. The molecule has 0 saturated carbocycles. The topological polar surface area (TPSA) is 112 Å². The van der Waals surface area contributed by atoms with E-state index < -0.39 is 27.6 Å². The normalized spacial score (nSPS) is 14.7. The maximum absolute atomic E-state index is 13.6. The summed E-state index contributed by atoms with van der Waals surface area (Å²) in [5.41, 5.74) is 1.19. The Balaban J connectivity index is 1.45. The van der Waals surface area contributed by atoms with Crippen molar-refractivity contribution < 1.29 is 26.7 Å². The summed E-state index contributed by atoms with van der Waals surface area (Å²) in [5.74, 6) is -1.78. The number of nitrogens with one attached hydrogen (secondary N) is 1. The molecular weight excluding hydrogens is 490 g/mol. The van der Waals surface area contributed by atoms with E-state index in [0.29, 0.717) is 42.8 Å². The van der Waals surface area contributed by atoms with E-state index in [2.05, 4.69) is 10.3 Å². The Morgan fingerprint density at radius 1 is 1.06 bits per heavy atom. The minimum Gasteiger partial charge on any atom is -0.456 e. The van der Waals surface area contributed by atoms with E-state index in [0.717, 1.165) is 18.4 Å². The van der Waals surface area contributed by atoms with Crippen LogP contribution in [0.1, 0.15) is 28.8 Å². The first kappa shape index (κ1) is 25.2. The van der Waals surface area contributed by atoms with Crippen molar-refractivity contribution in [2.75, 3.05) is 19.3 Å². The number of benzene rings is 2. The number of hydrogen-bond acceptors (Lipinski definition) is 6. The van der Waals surface area contributed by atoms with Crippen molar-refractivity contribution in [3.05, 3.63) is 77.6 Å². The third kappa shape index (κ3) is 5.84. The molecule has 8 nitrogen and oxygen atoms in total. The van der Waals surface area contributed by atoms with Crippen LogP contribution in [0.15, 0.2) is 54.9 Å². The lowest BCUT2D eigenvalue weighted by Gasteiger charge is -2.30. The molecule has 2 aromatic carbocycles. The van der Waals surface area contributed by atoms with Crippen molar-refractivity contribution in [1.82, 2.24) is 14.6 Å². The number of nitrogens with zero attached hydrogens (tertiary/aromatic N) is 3. The second kappa shape index (κ2) is 10.4. The van der Waals surface area contributed by atoms with Gasteiger partial charge in [0.05, 0.1) is 23.6 Å². The van der Waals surface area contributed by atoms with Crippen LogP contribution in [0.3, 0.4) is 0 Å². The fraction of sp³-hybridized carbons (Fsp3) is 0.240. The van der Waals surface area contributed by atoms with Gasteiger partial charge in [0, 0.05) is 30.9 Å². The molecule has 1 N–H and O–H groups in total. The lowest BCUT2D eigenvalue weighted by atomic mass is 10.0. The molecule has 1 aliphatic rings. The second-order valence-electron chi connectivity index (χ2n) is 8.37.